The molecule has 0 atom stereocenters. The van der Waals surface area contributed by atoms with E-state index in [0.29, 0.717) is 6.61 Å². The summed E-state index contributed by atoms with van der Waals surface area (Å²) in [4.78, 5) is 5.55. The van der Waals surface area contributed by atoms with E-state index < -0.39 is 0 Å². The molecule has 0 unspecified atom stereocenters. The van der Waals surface area contributed by atoms with Crippen molar-refractivity contribution in [2.45, 2.75) is 13.8 Å². The number of hydrogen-bond donors (Lipinski definition) is 0. The monoisotopic (exact) mass is 297 g/mol. The second kappa shape index (κ2) is 4.97. The van der Waals surface area contributed by atoms with Crippen LogP contribution in [0, 0.1) is 6.92 Å². The molecule has 0 aliphatic carbocycles. The molecule has 2 aromatic rings. The first-order chi connectivity index (χ1) is 7.70. The zero-order valence-corrected chi connectivity index (χ0v) is 11.6. The van der Waals surface area contributed by atoms with Crippen molar-refractivity contribution in [3.63, 3.8) is 0 Å². The van der Waals surface area contributed by atoms with Crippen molar-refractivity contribution in [2.24, 2.45) is 0 Å². The summed E-state index contributed by atoms with van der Waals surface area (Å²) in [5.74, 6) is 0.910. The van der Waals surface area contributed by atoms with Crippen LogP contribution in [-0.4, -0.2) is 11.6 Å². The van der Waals surface area contributed by atoms with Crippen LogP contribution in [0.2, 0.25) is 0 Å². The molecule has 84 valence electrons. The van der Waals surface area contributed by atoms with Crippen LogP contribution in [0.5, 0.6) is 5.75 Å². The van der Waals surface area contributed by atoms with Crippen molar-refractivity contribution < 1.29 is 4.74 Å². The Morgan fingerprint density at radius 1 is 1.31 bits per heavy atom. The van der Waals surface area contributed by atoms with Crippen LogP contribution in [-0.2, 0) is 0 Å². The maximum atomic E-state index is 5.41. The van der Waals surface area contributed by atoms with Gasteiger partial charge in [-0.15, -0.1) is 11.3 Å². The van der Waals surface area contributed by atoms with Crippen molar-refractivity contribution in [1.82, 2.24) is 4.98 Å². The smallest absolute Gasteiger partial charge is 0.159 e. The molecule has 0 amide bonds. The third-order valence-electron chi connectivity index (χ3n) is 2.20. The van der Waals surface area contributed by atoms with Crippen LogP contribution in [0.15, 0.2) is 28.2 Å². The van der Waals surface area contributed by atoms with Crippen LogP contribution in [0.1, 0.15) is 12.6 Å². The molecular formula is C12H12BrNOS. The van der Waals surface area contributed by atoms with Gasteiger partial charge in [0.2, 0.25) is 0 Å². The molecule has 4 heteroatoms. The molecule has 0 saturated carbocycles. The molecule has 0 bridgehead atoms. The first kappa shape index (κ1) is 11.6. The predicted octanol–water partition coefficient (Wildman–Crippen LogP) is 4.28. The minimum Gasteiger partial charge on any atom is -0.494 e. The second-order valence-corrected chi connectivity index (χ2v) is 5.61. The van der Waals surface area contributed by atoms with E-state index in [9.17, 15) is 0 Å². The van der Waals surface area contributed by atoms with Crippen molar-refractivity contribution >= 4 is 27.3 Å². The highest BCUT2D eigenvalue weighted by atomic mass is 79.9. The summed E-state index contributed by atoms with van der Waals surface area (Å²) in [5.41, 5.74) is 2.24. The highest BCUT2D eigenvalue weighted by Crippen LogP contribution is 2.33. The quantitative estimate of drug-likeness (QED) is 0.843. The van der Waals surface area contributed by atoms with Gasteiger partial charge in [0.15, 0.2) is 3.92 Å². The van der Waals surface area contributed by atoms with Gasteiger partial charge in [-0.05, 0) is 59.6 Å². The Morgan fingerprint density at radius 3 is 2.50 bits per heavy atom. The number of halogens is 1. The van der Waals surface area contributed by atoms with Gasteiger partial charge in [-0.25, -0.2) is 4.98 Å². The van der Waals surface area contributed by atoms with Crippen molar-refractivity contribution in [3.05, 3.63) is 33.9 Å². The number of thiazole rings is 1. The fourth-order valence-electron chi connectivity index (χ4n) is 1.50. The molecule has 0 aliphatic heterocycles. The van der Waals surface area contributed by atoms with E-state index in [4.69, 9.17) is 4.74 Å². The predicted molar refractivity (Wildman–Crippen MR) is 71.2 cm³/mol. The fourth-order valence-corrected chi connectivity index (χ4v) is 3.05. The van der Waals surface area contributed by atoms with Crippen molar-refractivity contribution in [2.75, 3.05) is 6.61 Å². The summed E-state index contributed by atoms with van der Waals surface area (Å²) in [6, 6.07) is 8.12. The van der Waals surface area contributed by atoms with Crippen LogP contribution in [0.4, 0.5) is 0 Å². The molecular weight excluding hydrogens is 286 g/mol. The highest BCUT2D eigenvalue weighted by Gasteiger charge is 2.07. The zero-order valence-electron chi connectivity index (χ0n) is 9.16. The molecule has 16 heavy (non-hydrogen) atoms. The number of rotatable bonds is 3. The molecule has 0 N–H and O–H groups in total. The Kier molecular flexibility index (Phi) is 3.61. The maximum Gasteiger partial charge on any atom is 0.159 e. The number of benzene rings is 1. The average Bonchev–Trinajstić information content (AvgIpc) is 2.59. The molecule has 2 nitrogen and oxygen atoms in total. The SMILES string of the molecule is CCOc1ccc(-c2sc(Br)nc2C)cc1. The molecule has 0 spiro atoms. The molecule has 0 saturated heterocycles. The topological polar surface area (TPSA) is 22.1 Å². The minimum absolute atomic E-state index is 0.699. The van der Waals surface area contributed by atoms with Gasteiger partial charge in [-0.3, -0.25) is 0 Å². The van der Waals surface area contributed by atoms with Crippen molar-refractivity contribution in [1.29, 1.82) is 0 Å². The number of aryl methyl sites for hydroxylation is 1. The molecule has 1 aromatic heterocycles. The summed E-state index contributed by atoms with van der Waals surface area (Å²) in [7, 11) is 0. The first-order valence-corrected chi connectivity index (χ1v) is 6.68. The van der Waals surface area contributed by atoms with Gasteiger partial charge in [0, 0.05) is 0 Å². The summed E-state index contributed by atoms with van der Waals surface area (Å²) in [5, 5.41) is 0. The Balaban J connectivity index is 2.31. The molecule has 1 heterocycles. The van der Waals surface area contributed by atoms with Gasteiger partial charge in [0.05, 0.1) is 17.2 Å². The number of aromatic nitrogens is 1. The van der Waals surface area contributed by atoms with Crippen LogP contribution < -0.4 is 4.74 Å². The Bertz CT molecular complexity index is 478. The molecule has 2 rings (SSSR count). The minimum atomic E-state index is 0.699. The average molecular weight is 298 g/mol. The van der Waals surface area contributed by atoms with Gasteiger partial charge in [0.1, 0.15) is 5.75 Å². The number of hydrogen-bond acceptors (Lipinski definition) is 3. The summed E-state index contributed by atoms with van der Waals surface area (Å²) in [6.07, 6.45) is 0. The van der Waals surface area contributed by atoms with Crippen LogP contribution in [0.3, 0.4) is 0 Å². The Hall–Kier alpha value is -0.870. The standard InChI is InChI=1S/C12H12BrNOS/c1-3-15-10-6-4-9(5-7-10)11-8(2)14-12(13)16-11/h4-7H,3H2,1-2H3. The van der Waals surface area contributed by atoms with Crippen molar-refractivity contribution in [3.8, 4) is 16.2 Å². The van der Waals surface area contributed by atoms with E-state index >= 15 is 0 Å². The van der Waals surface area contributed by atoms with Gasteiger partial charge in [-0.1, -0.05) is 0 Å². The zero-order chi connectivity index (χ0) is 11.5. The van der Waals surface area contributed by atoms with E-state index in [1.165, 1.54) is 10.4 Å². The van der Waals surface area contributed by atoms with E-state index in [-0.39, 0.29) is 0 Å². The third kappa shape index (κ3) is 2.44. The highest BCUT2D eigenvalue weighted by molar-refractivity contribution is 9.11. The lowest BCUT2D eigenvalue weighted by molar-refractivity contribution is 0.340. The maximum absolute atomic E-state index is 5.41. The van der Waals surface area contributed by atoms with E-state index in [1.807, 2.05) is 26.0 Å². The first-order valence-electron chi connectivity index (χ1n) is 5.07. The summed E-state index contributed by atoms with van der Waals surface area (Å²) < 4.78 is 6.34. The Labute approximate surface area is 107 Å². The third-order valence-corrected chi connectivity index (χ3v) is 3.86. The number of ether oxygens (including phenoxy) is 1. The van der Waals surface area contributed by atoms with E-state index in [1.54, 1.807) is 11.3 Å². The van der Waals surface area contributed by atoms with Gasteiger partial charge in [0.25, 0.3) is 0 Å². The van der Waals surface area contributed by atoms with E-state index in [2.05, 4.69) is 33.0 Å². The normalized spacial score (nSPS) is 10.4. The van der Waals surface area contributed by atoms with Gasteiger partial charge >= 0.3 is 0 Å². The lowest BCUT2D eigenvalue weighted by Crippen LogP contribution is -1.90. The summed E-state index contributed by atoms with van der Waals surface area (Å²) >= 11 is 5.05. The Morgan fingerprint density at radius 2 is 2.00 bits per heavy atom. The van der Waals surface area contributed by atoms with E-state index in [0.717, 1.165) is 15.4 Å². The second-order valence-electron chi connectivity index (χ2n) is 3.34. The molecule has 0 fully saturated rings. The lowest BCUT2D eigenvalue weighted by Gasteiger charge is -2.03. The van der Waals surface area contributed by atoms with Gasteiger partial charge in [-0.2, -0.15) is 0 Å². The largest absolute Gasteiger partial charge is 0.494 e. The van der Waals surface area contributed by atoms with Gasteiger partial charge < -0.3 is 4.74 Å². The summed E-state index contributed by atoms with van der Waals surface area (Å²) in [6.45, 7) is 4.70. The molecule has 0 aliphatic rings. The molecule has 0 radical (unpaired) electrons. The number of nitrogens with zero attached hydrogens (tertiary/aromatic N) is 1. The lowest BCUT2D eigenvalue weighted by atomic mass is 10.1. The van der Waals surface area contributed by atoms with Crippen LogP contribution in [0.25, 0.3) is 10.4 Å². The fraction of sp³-hybridized carbons (Fsp3) is 0.250. The molecule has 1 aromatic carbocycles. The van der Waals surface area contributed by atoms with Crippen LogP contribution >= 0.6 is 27.3 Å².